The Morgan fingerprint density at radius 3 is 2.28 bits per heavy atom. The van der Waals surface area contributed by atoms with Crippen LogP contribution < -0.4 is 0 Å². The molecule has 0 heterocycles. The molecular weight excluding hydrogens is 260 g/mol. The maximum atomic E-state index is 10.9. The third-order valence-electron chi connectivity index (χ3n) is 1.98. The first-order valence-electron chi connectivity index (χ1n) is 4.79. The van der Waals surface area contributed by atoms with Crippen LogP contribution in [-0.2, 0) is 19.7 Å². The molecule has 0 saturated heterocycles. The van der Waals surface area contributed by atoms with E-state index in [4.69, 9.17) is 4.55 Å². The van der Waals surface area contributed by atoms with E-state index < -0.39 is 21.9 Å². The van der Waals surface area contributed by atoms with E-state index in [1.54, 1.807) is 0 Å². The van der Waals surface area contributed by atoms with E-state index in [-0.39, 0.29) is 10.6 Å². The Balaban J connectivity index is 2.91. The van der Waals surface area contributed by atoms with Crippen LogP contribution in [0.4, 0.5) is 5.69 Å². The predicted molar refractivity (Wildman–Crippen MR) is 61.3 cm³/mol. The third-order valence-corrected chi connectivity index (χ3v) is 2.85. The minimum absolute atomic E-state index is 0.260. The van der Waals surface area contributed by atoms with Crippen LogP contribution in [0.1, 0.15) is 6.92 Å². The summed E-state index contributed by atoms with van der Waals surface area (Å²) in [4.78, 5) is 21.1. The number of Topliss-reactive ketones (excluding diaryl/α,β-unsaturated/α-hetero) is 1. The molecule has 0 aliphatic carbocycles. The lowest BCUT2D eigenvalue weighted by Crippen LogP contribution is -2.15. The quantitative estimate of drug-likeness (QED) is 0.373. The number of nitrogens with zero attached hydrogens (tertiary/aromatic N) is 2. The van der Waals surface area contributed by atoms with Crippen molar-refractivity contribution in [3.05, 3.63) is 24.3 Å². The van der Waals surface area contributed by atoms with Gasteiger partial charge in [-0.1, -0.05) is 0 Å². The second-order valence-corrected chi connectivity index (χ2v) is 4.80. The minimum atomic E-state index is -4.25. The number of carbonyl (C=O) groups excluding carboxylic acids is 2. The van der Waals surface area contributed by atoms with E-state index in [1.165, 1.54) is 19.1 Å². The van der Waals surface area contributed by atoms with E-state index in [0.717, 1.165) is 12.1 Å². The summed E-state index contributed by atoms with van der Waals surface area (Å²) in [6, 6.07) is 3.68. The first-order chi connectivity index (χ1) is 8.34. The number of benzene rings is 1. The topological polar surface area (TPSA) is 113 Å². The van der Waals surface area contributed by atoms with E-state index in [9.17, 15) is 18.0 Å². The van der Waals surface area contributed by atoms with Crippen LogP contribution in [0.5, 0.6) is 0 Å². The van der Waals surface area contributed by atoms with Crippen LogP contribution in [0.25, 0.3) is 0 Å². The number of carbonyl (C=O) groups is 2. The first-order valence-corrected chi connectivity index (χ1v) is 6.23. The molecule has 1 aromatic carbocycles. The van der Waals surface area contributed by atoms with Gasteiger partial charge in [0, 0.05) is 0 Å². The fourth-order valence-electron chi connectivity index (χ4n) is 1.02. The second-order valence-electron chi connectivity index (χ2n) is 3.38. The molecule has 0 aliphatic heterocycles. The minimum Gasteiger partial charge on any atom is -0.300 e. The third kappa shape index (κ3) is 3.82. The Hall–Kier alpha value is -1.93. The van der Waals surface area contributed by atoms with Gasteiger partial charge in [-0.25, -0.2) is 0 Å². The van der Waals surface area contributed by atoms with Crippen LogP contribution in [0.15, 0.2) is 39.4 Å². The smallest absolute Gasteiger partial charge is 0.294 e. The summed E-state index contributed by atoms with van der Waals surface area (Å²) >= 11 is 0. The standard InChI is InChI=1S/C10H10N2O5S/c1-7(14)10(6-13)12-11-8-2-4-9(5-3-8)18(15,16)17/h2-6,10H,1H3,(H,15,16,17). The van der Waals surface area contributed by atoms with Gasteiger partial charge in [0.1, 0.15) is 0 Å². The van der Waals surface area contributed by atoms with Crippen molar-refractivity contribution < 1.29 is 22.6 Å². The Morgan fingerprint density at radius 1 is 1.33 bits per heavy atom. The van der Waals surface area contributed by atoms with Crippen molar-refractivity contribution in [2.75, 3.05) is 0 Å². The Morgan fingerprint density at radius 2 is 1.89 bits per heavy atom. The summed E-state index contributed by atoms with van der Waals surface area (Å²) in [5.41, 5.74) is 0.260. The van der Waals surface area contributed by atoms with Crippen molar-refractivity contribution in [3.8, 4) is 0 Å². The molecule has 0 amide bonds. The predicted octanol–water partition coefficient (Wildman–Crippen LogP) is 1.17. The average Bonchev–Trinajstić information content (AvgIpc) is 2.29. The first kappa shape index (κ1) is 14.1. The molecule has 1 atom stereocenters. The Bertz CT molecular complexity index is 577. The number of hydrogen-bond acceptors (Lipinski definition) is 6. The fourth-order valence-corrected chi connectivity index (χ4v) is 1.50. The highest BCUT2D eigenvalue weighted by Gasteiger charge is 2.11. The highest BCUT2D eigenvalue weighted by molar-refractivity contribution is 7.85. The summed E-state index contributed by atoms with van der Waals surface area (Å²) in [6.07, 6.45) is 0.360. The van der Waals surface area contributed by atoms with Gasteiger partial charge in [0.25, 0.3) is 10.1 Å². The molecule has 1 N–H and O–H groups in total. The molecule has 0 aromatic heterocycles. The maximum Gasteiger partial charge on any atom is 0.294 e. The van der Waals surface area contributed by atoms with E-state index >= 15 is 0 Å². The fraction of sp³-hybridized carbons (Fsp3) is 0.200. The van der Waals surface area contributed by atoms with Gasteiger partial charge in [0.15, 0.2) is 18.1 Å². The highest BCUT2D eigenvalue weighted by atomic mass is 32.2. The zero-order chi connectivity index (χ0) is 13.8. The van der Waals surface area contributed by atoms with Gasteiger partial charge in [-0.2, -0.15) is 18.6 Å². The number of hydrogen-bond donors (Lipinski definition) is 1. The molecule has 18 heavy (non-hydrogen) atoms. The molecule has 7 nitrogen and oxygen atoms in total. The lowest BCUT2D eigenvalue weighted by atomic mass is 10.2. The van der Waals surface area contributed by atoms with Crippen molar-refractivity contribution in [2.45, 2.75) is 17.9 Å². The number of aldehydes is 1. The van der Waals surface area contributed by atoms with Crippen molar-refractivity contribution in [2.24, 2.45) is 10.2 Å². The van der Waals surface area contributed by atoms with Gasteiger partial charge in [-0.3, -0.25) is 9.35 Å². The van der Waals surface area contributed by atoms with E-state index in [1.807, 2.05) is 0 Å². The molecule has 0 bridgehead atoms. The molecular formula is C10H10N2O5S. The van der Waals surface area contributed by atoms with Crippen molar-refractivity contribution in [1.82, 2.24) is 0 Å². The summed E-state index contributed by atoms with van der Waals surface area (Å²) in [6.45, 7) is 1.21. The van der Waals surface area contributed by atoms with Gasteiger partial charge in [-0.15, -0.1) is 0 Å². The summed E-state index contributed by atoms with van der Waals surface area (Å²) in [5.74, 6) is -0.441. The maximum absolute atomic E-state index is 10.9. The van der Waals surface area contributed by atoms with Crippen LogP contribution >= 0.6 is 0 Å². The van der Waals surface area contributed by atoms with Gasteiger partial charge < -0.3 is 4.79 Å². The highest BCUT2D eigenvalue weighted by Crippen LogP contribution is 2.16. The molecule has 0 saturated carbocycles. The lowest BCUT2D eigenvalue weighted by Gasteiger charge is -1.98. The SMILES string of the molecule is CC(=O)C(C=O)N=Nc1ccc(S(=O)(=O)O)cc1. The van der Waals surface area contributed by atoms with Gasteiger partial charge >= 0.3 is 0 Å². The lowest BCUT2D eigenvalue weighted by molar-refractivity contribution is -0.122. The van der Waals surface area contributed by atoms with Crippen LogP contribution in [-0.4, -0.2) is 31.1 Å². The Kier molecular flexibility index (Phi) is 4.40. The second kappa shape index (κ2) is 5.61. The van der Waals surface area contributed by atoms with Crippen molar-refractivity contribution in [1.29, 1.82) is 0 Å². The molecule has 96 valence electrons. The van der Waals surface area contributed by atoms with Gasteiger partial charge in [0.05, 0.1) is 10.6 Å². The van der Waals surface area contributed by atoms with Crippen LogP contribution in [0, 0.1) is 0 Å². The molecule has 8 heteroatoms. The molecule has 1 rings (SSSR count). The average molecular weight is 270 g/mol. The number of ketones is 1. The summed E-state index contributed by atoms with van der Waals surface area (Å²) in [7, 11) is -4.25. The molecule has 1 unspecified atom stereocenters. The zero-order valence-electron chi connectivity index (χ0n) is 9.35. The normalized spacial score (nSPS) is 13.4. The van der Waals surface area contributed by atoms with Crippen LogP contribution in [0.3, 0.4) is 0 Å². The monoisotopic (exact) mass is 270 g/mol. The molecule has 0 radical (unpaired) electrons. The van der Waals surface area contributed by atoms with Gasteiger partial charge in [-0.05, 0) is 31.2 Å². The van der Waals surface area contributed by atoms with Gasteiger partial charge in [0.2, 0.25) is 0 Å². The number of azo groups is 1. The van der Waals surface area contributed by atoms with E-state index in [0.29, 0.717) is 6.29 Å². The molecule has 0 spiro atoms. The van der Waals surface area contributed by atoms with Crippen molar-refractivity contribution >= 4 is 27.9 Å². The molecule has 1 aromatic rings. The summed E-state index contributed by atoms with van der Waals surface area (Å²) < 4.78 is 30.2. The van der Waals surface area contributed by atoms with E-state index in [2.05, 4.69) is 10.2 Å². The largest absolute Gasteiger partial charge is 0.300 e. The summed E-state index contributed by atoms with van der Waals surface area (Å²) in [5, 5.41) is 7.12. The molecule has 0 aliphatic rings. The number of rotatable bonds is 5. The zero-order valence-corrected chi connectivity index (χ0v) is 10.2. The molecule has 0 fully saturated rings. The Labute approximate surface area is 103 Å². The van der Waals surface area contributed by atoms with Crippen molar-refractivity contribution in [3.63, 3.8) is 0 Å². The van der Waals surface area contributed by atoms with Crippen LogP contribution in [0.2, 0.25) is 0 Å².